The van der Waals surface area contributed by atoms with Crippen LogP contribution in [0.4, 0.5) is 0 Å². The average Bonchev–Trinajstić information content (AvgIpc) is 2.28. The van der Waals surface area contributed by atoms with Gasteiger partial charge in [0, 0.05) is 15.5 Å². The molecule has 1 rings (SSSR count). The zero-order chi connectivity index (χ0) is 13.7. The van der Waals surface area contributed by atoms with Crippen molar-refractivity contribution in [2.75, 3.05) is 0 Å². The van der Waals surface area contributed by atoms with E-state index in [-0.39, 0.29) is 0 Å². The molecule has 0 aromatic heterocycles. The van der Waals surface area contributed by atoms with E-state index < -0.39 is 12.0 Å². The van der Waals surface area contributed by atoms with Crippen LogP contribution < -0.4 is 5.32 Å². The zero-order valence-corrected chi connectivity index (χ0v) is 13.6. The van der Waals surface area contributed by atoms with Crippen LogP contribution in [0.5, 0.6) is 0 Å². The Bertz CT molecular complexity index is 421. The molecule has 0 spiro atoms. The quantitative estimate of drug-likeness (QED) is 0.791. The Kier molecular flexibility index (Phi) is 6.32. The van der Waals surface area contributed by atoms with Gasteiger partial charge in [0.2, 0.25) is 0 Å². The number of carboxylic acids is 1. The molecule has 0 aliphatic carbocycles. The lowest BCUT2D eigenvalue weighted by Gasteiger charge is -2.16. The summed E-state index contributed by atoms with van der Waals surface area (Å²) < 4.78 is 1.96. The van der Waals surface area contributed by atoms with Crippen LogP contribution in [0.3, 0.4) is 0 Å². The van der Waals surface area contributed by atoms with E-state index in [1.165, 1.54) is 0 Å². The Labute approximate surface area is 124 Å². The number of carboxylic acid groups (broad SMARTS) is 1. The van der Waals surface area contributed by atoms with Gasteiger partial charge in [-0.1, -0.05) is 19.9 Å². The summed E-state index contributed by atoms with van der Waals surface area (Å²) in [4.78, 5) is 11.1. The molecule has 0 bridgehead atoms. The maximum Gasteiger partial charge on any atom is 0.320 e. The van der Waals surface area contributed by atoms with Crippen LogP contribution in [0.2, 0.25) is 0 Å². The van der Waals surface area contributed by atoms with Gasteiger partial charge in [-0.05, 0) is 61.9 Å². The van der Waals surface area contributed by atoms with Crippen molar-refractivity contribution in [2.45, 2.75) is 32.9 Å². The highest BCUT2D eigenvalue weighted by Gasteiger charge is 2.17. The third kappa shape index (κ3) is 5.08. The van der Waals surface area contributed by atoms with E-state index in [4.69, 9.17) is 5.11 Å². The summed E-state index contributed by atoms with van der Waals surface area (Å²) in [6, 6.07) is 5.40. The normalized spacial score (nSPS) is 12.7. The molecular weight excluding hydrogens is 362 g/mol. The van der Waals surface area contributed by atoms with Crippen molar-refractivity contribution in [3.63, 3.8) is 0 Å². The van der Waals surface area contributed by atoms with Crippen LogP contribution in [0.25, 0.3) is 0 Å². The maximum absolute atomic E-state index is 11.1. The average molecular weight is 379 g/mol. The molecule has 0 saturated carbocycles. The summed E-state index contributed by atoms with van der Waals surface area (Å²) in [5, 5.41) is 12.2. The largest absolute Gasteiger partial charge is 0.480 e. The minimum Gasteiger partial charge on any atom is -0.480 e. The van der Waals surface area contributed by atoms with Crippen LogP contribution in [0.15, 0.2) is 27.1 Å². The second-order valence-electron chi connectivity index (χ2n) is 4.65. The Morgan fingerprint density at radius 2 is 2.00 bits per heavy atom. The molecule has 0 unspecified atom stereocenters. The predicted molar refractivity (Wildman–Crippen MR) is 79.6 cm³/mol. The summed E-state index contributed by atoms with van der Waals surface area (Å²) >= 11 is 6.84. The fourth-order valence-electron chi connectivity index (χ4n) is 1.63. The molecule has 0 saturated heterocycles. The number of rotatable bonds is 6. The van der Waals surface area contributed by atoms with Crippen molar-refractivity contribution in [1.82, 2.24) is 5.32 Å². The molecule has 0 aliphatic heterocycles. The smallest absolute Gasteiger partial charge is 0.320 e. The highest BCUT2D eigenvalue weighted by molar-refractivity contribution is 9.13. The zero-order valence-electron chi connectivity index (χ0n) is 10.4. The second kappa shape index (κ2) is 7.26. The highest BCUT2D eigenvalue weighted by atomic mass is 79.9. The van der Waals surface area contributed by atoms with Crippen molar-refractivity contribution in [3.05, 3.63) is 32.7 Å². The molecule has 0 amide bonds. The van der Waals surface area contributed by atoms with Gasteiger partial charge in [0.25, 0.3) is 0 Å². The van der Waals surface area contributed by atoms with Crippen molar-refractivity contribution < 1.29 is 9.90 Å². The molecule has 100 valence electrons. The van der Waals surface area contributed by atoms with Crippen molar-refractivity contribution in [3.8, 4) is 0 Å². The van der Waals surface area contributed by atoms with Gasteiger partial charge < -0.3 is 10.4 Å². The van der Waals surface area contributed by atoms with Gasteiger partial charge in [-0.25, -0.2) is 0 Å². The van der Waals surface area contributed by atoms with E-state index in [1.54, 1.807) is 0 Å². The molecule has 0 heterocycles. The minimum atomic E-state index is -0.792. The molecule has 2 N–H and O–H groups in total. The number of hydrogen-bond acceptors (Lipinski definition) is 2. The topological polar surface area (TPSA) is 49.3 Å². The number of halogens is 2. The SMILES string of the molecule is CC(C)C[C@H](NCc1ccc(Br)c(Br)c1)C(=O)O. The molecule has 0 aliphatic rings. The fourth-order valence-corrected chi connectivity index (χ4v) is 2.31. The summed E-state index contributed by atoms with van der Waals surface area (Å²) in [7, 11) is 0. The summed E-state index contributed by atoms with van der Waals surface area (Å²) in [5.74, 6) is -0.435. The number of benzene rings is 1. The van der Waals surface area contributed by atoms with Crippen LogP contribution in [0, 0.1) is 5.92 Å². The van der Waals surface area contributed by atoms with Gasteiger partial charge in [0.05, 0.1) is 0 Å². The van der Waals surface area contributed by atoms with E-state index in [0.29, 0.717) is 18.9 Å². The number of carbonyl (C=O) groups is 1. The van der Waals surface area contributed by atoms with Crippen LogP contribution >= 0.6 is 31.9 Å². The lowest BCUT2D eigenvalue weighted by atomic mass is 10.0. The van der Waals surface area contributed by atoms with Gasteiger partial charge in [-0.3, -0.25) is 4.79 Å². The molecule has 1 aromatic rings. The molecule has 5 heteroatoms. The molecule has 3 nitrogen and oxygen atoms in total. The van der Waals surface area contributed by atoms with Gasteiger partial charge in [-0.2, -0.15) is 0 Å². The van der Waals surface area contributed by atoms with Crippen LogP contribution in [-0.4, -0.2) is 17.1 Å². The first-order valence-corrected chi connectivity index (χ1v) is 7.39. The van der Waals surface area contributed by atoms with E-state index in [9.17, 15) is 4.79 Å². The molecule has 1 atom stereocenters. The Hall–Kier alpha value is -0.390. The summed E-state index contributed by atoms with van der Waals surface area (Å²) in [5.41, 5.74) is 1.06. The van der Waals surface area contributed by atoms with E-state index >= 15 is 0 Å². The highest BCUT2D eigenvalue weighted by Crippen LogP contribution is 2.23. The van der Waals surface area contributed by atoms with E-state index in [1.807, 2.05) is 32.0 Å². The number of aliphatic carboxylic acids is 1. The molecule has 0 radical (unpaired) electrons. The van der Waals surface area contributed by atoms with Gasteiger partial charge in [-0.15, -0.1) is 0 Å². The third-order valence-corrected chi connectivity index (χ3v) is 4.42. The van der Waals surface area contributed by atoms with Crippen molar-refractivity contribution in [1.29, 1.82) is 0 Å². The van der Waals surface area contributed by atoms with E-state index in [0.717, 1.165) is 14.5 Å². The number of nitrogens with one attached hydrogen (secondary N) is 1. The van der Waals surface area contributed by atoms with Gasteiger partial charge in [0.15, 0.2) is 0 Å². The summed E-state index contributed by atoms with van der Waals surface area (Å²) in [6.45, 7) is 4.59. The third-order valence-electron chi connectivity index (χ3n) is 2.54. The second-order valence-corrected chi connectivity index (χ2v) is 6.36. The molecular formula is C13H17Br2NO2. The lowest BCUT2D eigenvalue weighted by molar-refractivity contribution is -0.140. The maximum atomic E-state index is 11.1. The monoisotopic (exact) mass is 377 g/mol. The fraction of sp³-hybridized carbons (Fsp3) is 0.462. The molecule has 18 heavy (non-hydrogen) atoms. The van der Waals surface area contributed by atoms with Gasteiger partial charge >= 0.3 is 5.97 Å². The minimum absolute atomic E-state index is 0.357. The Morgan fingerprint density at radius 1 is 1.33 bits per heavy atom. The van der Waals surface area contributed by atoms with E-state index in [2.05, 4.69) is 37.2 Å². The summed E-state index contributed by atoms with van der Waals surface area (Å²) in [6.07, 6.45) is 0.632. The molecule has 0 fully saturated rings. The lowest BCUT2D eigenvalue weighted by Crippen LogP contribution is -2.37. The Morgan fingerprint density at radius 3 is 2.50 bits per heavy atom. The predicted octanol–water partition coefficient (Wildman–Crippen LogP) is 3.80. The number of hydrogen-bond donors (Lipinski definition) is 2. The molecule has 1 aromatic carbocycles. The first-order valence-electron chi connectivity index (χ1n) is 5.80. The first kappa shape index (κ1) is 15.7. The van der Waals surface area contributed by atoms with Crippen molar-refractivity contribution in [2.24, 2.45) is 5.92 Å². The van der Waals surface area contributed by atoms with Crippen molar-refractivity contribution >= 4 is 37.8 Å². The van der Waals surface area contributed by atoms with Gasteiger partial charge in [0.1, 0.15) is 6.04 Å². The standard InChI is InChI=1S/C13H17Br2NO2/c1-8(2)5-12(13(17)18)16-7-9-3-4-10(14)11(15)6-9/h3-4,6,8,12,16H,5,7H2,1-2H3,(H,17,18)/t12-/m0/s1. The van der Waals surface area contributed by atoms with Crippen LogP contribution in [-0.2, 0) is 11.3 Å². The first-order chi connectivity index (χ1) is 8.40. The Balaban J connectivity index is 2.61. The van der Waals surface area contributed by atoms with Crippen LogP contribution in [0.1, 0.15) is 25.8 Å².